The number of nitrogens with one attached hydrogen (secondary N) is 2. The molecule has 2 aromatic carbocycles. The molecule has 0 aliphatic carbocycles. The number of aliphatic hydroxyl groups excluding tert-OH is 1. The first-order valence-corrected chi connectivity index (χ1v) is 9.91. The molecule has 28 heavy (non-hydrogen) atoms. The van der Waals surface area contributed by atoms with Crippen molar-refractivity contribution in [2.45, 2.75) is 32.0 Å². The van der Waals surface area contributed by atoms with E-state index < -0.39 is 0 Å². The van der Waals surface area contributed by atoms with E-state index in [4.69, 9.17) is 4.74 Å². The van der Waals surface area contributed by atoms with Crippen molar-refractivity contribution >= 4 is 16.7 Å². The Morgan fingerprint density at radius 2 is 2.18 bits per heavy atom. The smallest absolute Gasteiger partial charge is 0.121 e. The van der Waals surface area contributed by atoms with Crippen LogP contribution < -0.4 is 15.4 Å². The lowest BCUT2D eigenvalue weighted by molar-refractivity contribution is 0.224. The van der Waals surface area contributed by atoms with Crippen molar-refractivity contribution < 1.29 is 9.84 Å². The number of methoxy groups -OCH3 is 1. The number of imidazole rings is 1. The Kier molecular flexibility index (Phi) is 4.25. The summed E-state index contributed by atoms with van der Waals surface area (Å²) in [6.07, 6.45) is 3.00. The quantitative estimate of drug-likeness (QED) is 0.651. The zero-order valence-electron chi connectivity index (χ0n) is 16.3. The summed E-state index contributed by atoms with van der Waals surface area (Å²) in [6, 6.07) is 11.1. The van der Waals surface area contributed by atoms with Crippen LogP contribution in [0.1, 0.15) is 29.2 Å². The lowest BCUT2D eigenvalue weighted by atomic mass is 9.83. The Labute approximate surface area is 164 Å². The van der Waals surface area contributed by atoms with Gasteiger partial charge in [0, 0.05) is 24.2 Å². The Bertz CT molecular complexity index is 1030. The van der Waals surface area contributed by atoms with Crippen LogP contribution in [0.5, 0.6) is 5.75 Å². The van der Waals surface area contributed by atoms with E-state index in [1.807, 2.05) is 12.4 Å². The number of ether oxygens (including phenoxy) is 1. The van der Waals surface area contributed by atoms with Crippen LogP contribution in [-0.2, 0) is 6.54 Å². The molecule has 0 saturated carbocycles. The second-order valence-corrected chi connectivity index (χ2v) is 7.92. The van der Waals surface area contributed by atoms with Gasteiger partial charge in [-0.3, -0.25) is 0 Å². The summed E-state index contributed by atoms with van der Waals surface area (Å²) < 4.78 is 7.55. The number of nitrogens with zero attached hydrogens (tertiary/aromatic N) is 2. The molecule has 3 atom stereocenters. The summed E-state index contributed by atoms with van der Waals surface area (Å²) in [6.45, 7) is 3.98. The Hall–Kier alpha value is -2.57. The first-order chi connectivity index (χ1) is 13.7. The third-order valence-corrected chi connectivity index (χ3v) is 6.26. The first-order valence-electron chi connectivity index (χ1n) is 9.91. The predicted octanol–water partition coefficient (Wildman–Crippen LogP) is 2.84. The molecule has 1 aromatic heterocycles. The normalized spacial score (nSPS) is 23.3. The minimum Gasteiger partial charge on any atom is -0.496 e. The highest BCUT2D eigenvalue weighted by atomic mass is 16.5. The second kappa shape index (κ2) is 6.79. The topological polar surface area (TPSA) is 71.3 Å². The lowest BCUT2D eigenvalue weighted by Gasteiger charge is -2.36. The molecule has 5 rings (SSSR count). The van der Waals surface area contributed by atoms with Crippen LogP contribution in [0.2, 0.25) is 0 Å². The number of hydrogen-bond acceptors (Lipinski definition) is 5. The van der Waals surface area contributed by atoms with Crippen molar-refractivity contribution in [3.63, 3.8) is 0 Å². The van der Waals surface area contributed by atoms with Crippen molar-refractivity contribution in [2.24, 2.45) is 5.92 Å². The van der Waals surface area contributed by atoms with Crippen molar-refractivity contribution in [3.05, 3.63) is 53.3 Å². The zero-order valence-corrected chi connectivity index (χ0v) is 16.3. The van der Waals surface area contributed by atoms with E-state index in [1.54, 1.807) is 7.11 Å². The molecular formula is C22H26N4O2. The standard InChI is InChI=1S/C22H26N4O2/c1-13-7-14(3-4-21(13)28-2)10-26-12-24-18-8-16-17(9-20(18)26)25-19(11-27)15-5-6-23-22(15)16/h3-4,7-9,12,15,19,22-23,25,27H,5-6,10-11H2,1-2H3. The summed E-state index contributed by atoms with van der Waals surface area (Å²) in [4.78, 5) is 4.67. The van der Waals surface area contributed by atoms with E-state index in [1.165, 1.54) is 11.1 Å². The minimum absolute atomic E-state index is 0.102. The van der Waals surface area contributed by atoms with E-state index in [2.05, 4.69) is 51.4 Å². The maximum absolute atomic E-state index is 9.84. The molecule has 1 saturated heterocycles. The van der Waals surface area contributed by atoms with Crippen LogP contribution >= 0.6 is 0 Å². The number of rotatable bonds is 4. The van der Waals surface area contributed by atoms with Crippen LogP contribution in [0, 0.1) is 12.8 Å². The average molecular weight is 378 g/mol. The molecule has 3 N–H and O–H groups in total. The fourth-order valence-corrected chi connectivity index (χ4v) is 4.85. The van der Waals surface area contributed by atoms with Crippen LogP contribution in [0.3, 0.4) is 0 Å². The summed E-state index contributed by atoms with van der Waals surface area (Å²) in [7, 11) is 1.70. The summed E-state index contributed by atoms with van der Waals surface area (Å²) >= 11 is 0. The highest BCUT2D eigenvalue weighted by Crippen LogP contribution is 2.42. The first kappa shape index (κ1) is 17.5. The van der Waals surface area contributed by atoms with Gasteiger partial charge < -0.3 is 25.0 Å². The third-order valence-electron chi connectivity index (χ3n) is 6.26. The van der Waals surface area contributed by atoms with E-state index in [9.17, 15) is 5.11 Å². The van der Waals surface area contributed by atoms with E-state index in [0.29, 0.717) is 12.0 Å². The largest absolute Gasteiger partial charge is 0.496 e. The average Bonchev–Trinajstić information content (AvgIpc) is 3.34. The Morgan fingerprint density at radius 1 is 1.29 bits per heavy atom. The highest BCUT2D eigenvalue weighted by molar-refractivity contribution is 5.83. The summed E-state index contributed by atoms with van der Waals surface area (Å²) in [5.74, 6) is 1.34. The number of hydrogen-bond donors (Lipinski definition) is 3. The molecule has 0 spiro atoms. The number of fused-ring (bicyclic) bond motifs is 4. The van der Waals surface area contributed by atoms with E-state index >= 15 is 0 Å². The van der Waals surface area contributed by atoms with Gasteiger partial charge in [0.05, 0.1) is 37.1 Å². The number of aliphatic hydroxyl groups is 1. The molecule has 3 unspecified atom stereocenters. The van der Waals surface area contributed by atoms with E-state index in [0.717, 1.165) is 47.5 Å². The molecule has 2 aliphatic rings. The molecule has 3 aromatic rings. The molecule has 6 heteroatoms. The van der Waals surface area contributed by atoms with Crippen molar-refractivity contribution in [3.8, 4) is 5.75 Å². The zero-order chi connectivity index (χ0) is 19.3. The summed E-state index contributed by atoms with van der Waals surface area (Å²) in [5, 5.41) is 17.0. The molecule has 2 aliphatic heterocycles. The molecule has 0 amide bonds. The van der Waals surface area contributed by atoms with Gasteiger partial charge in [0.2, 0.25) is 0 Å². The van der Waals surface area contributed by atoms with Gasteiger partial charge in [-0.2, -0.15) is 0 Å². The molecule has 146 valence electrons. The van der Waals surface area contributed by atoms with Crippen LogP contribution in [0.4, 0.5) is 5.69 Å². The molecule has 1 fully saturated rings. The second-order valence-electron chi connectivity index (χ2n) is 7.92. The van der Waals surface area contributed by atoms with Gasteiger partial charge >= 0.3 is 0 Å². The maximum atomic E-state index is 9.84. The van der Waals surface area contributed by atoms with Crippen molar-refractivity contribution in [1.29, 1.82) is 0 Å². The monoisotopic (exact) mass is 378 g/mol. The number of aromatic nitrogens is 2. The third kappa shape index (κ3) is 2.75. The minimum atomic E-state index is 0.102. The van der Waals surface area contributed by atoms with Gasteiger partial charge in [0.15, 0.2) is 0 Å². The maximum Gasteiger partial charge on any atom is 0.121 e. The Morgan fingerprint density at radius 3 is 2.96 bits per heavy atom. The van der Waals surface area contributed by atoms with Crippen LogP contribution in [0.25, 0.3) is 11.0 Å². The lowest BCUT2D eigenvalue weighted by Crippen LogP contribution is -2.40. The Balaban J connectivity index is 1.52. The molecule has 3 heterocycles. The van der Waals surface area contributed by atoms with Gasteiger partial charge in [0.25, 0.3) is 0 Å². The van der Waals surface area contributed by atoms with Gasteiger partial charge in [-0.05, 0) is 54.8 Å². The van der Waals surface area contributed by atoms with E-state index in [-0.39, 0.29) is 12.6 Å². The van der Waals surface area contributed by atoms with Gasteiger partial charge in [0.1, 0.15) is 5.75 Å². The predicted molar refractivity (Wildman–Crippen MR) is 110 cm³/mol. The van der Waals surface area contributed by atoms with Gasteiger partial charge in [-0.25, -0.2) is 4.98 Å². The number of anilines is 1. The number of aryl methyl sites for hydroxylation is 1. The fraction of sp³-hybridized carbons (Fsp3) is 0.409. The van der Waals surface area contributed by atoms with Crippen molar-refractivity contribution in [2.75, 3.05) is 25.6 Å². The highest BCUT2D eigenvalue weighted by Gasteiger charge is 2.39. The summed E-state index contributed by atoms with van der Waals surface area (Å²) in [5.41, 5.74) is 6.84. The number of benzene rings is 2. The molecule has 6 nitrogen and oxygen atoms in total. The van der Waals surface area contributed by atoms with Crippen LogP contribution in [-0.4, -0.2) is 41.0 Å². The molecular weight excluding hydrogens is 352 g/mol. The van der Waals surface area contributed by atoms with Crippen molar-refractivity contribution in [1.82, 2.24) is 14.9 Å². The fourth-order valence-electron chi connectivity index (χ4n) is 4.85. The molecule has 0 radical (unpaired) electrons. The van der Waals surface area contributed by atoms with Gasteiger partial charge in [-0.15, -0.1) is 0 Å². The van der Waals surface area contributed by atoms with Gasteiger partial charge in [-0.1, -0.05) is 12.1 Å². The van der Waals surface area contributed by atoms with Crippen LogP contribution in [0.15, 0.2) is 36.7 Å². The molecule has 0 bridgehead atoms. The SMILES string of the molecule is COc1ccc(Cn2cnc3cc4c(cc32)NC(CO)C2CCNC42)cc1C.